The Bertz CT molecular complexity index is 660. The molecule has 0 aliphatic carbocycles. The van der Waals surface area contributed by atoms with Crippen molar-refractivity contribution in [3.63, 3.8) is 0 Å². The molecule has 138 valence electrons. The Balaban J connectivity index is 1.70. The van der Waals surface area contributed by atoms with Gasteiger partial charge in [-0.05, 0) is 41.9 Å². The number of carbonyl (C=O) groups is 1. The first-order valence-electron chi connectivity index (χ1n) is 9.70. The molecule has 0 aromatic heterocycles. The molecule has 0 radical (unpaired) electrons. The number of amides is 1. The number of ether oxygens (including phenoxy) is 1. The van der Waals surface area contributed by atoms with E-state index in [1.54, 1.807) is 0 Å². The first kappa shape index (κ1) is 20.1. The molecule has 4 heteroatoms. The van der Waals surface area contributed by atoms with Crippen LogP contribution in [0, 0.1) is 5.92 Å². The molecule has 0 unspecified atom stereocenters. The third-order valence-corrected chi connectivity index (χ3v) is 4.57. The molecular formula is C22H30BNO2. The van der Waals surface area contributed by atoms with Gasteiger partial charge in [0.25, 0.3) is 0 Å². The Morgan fingerprint density at radius 3 is 2.50 bits per heavy atom. The highest BCUT2D eigenvalue weighted by atomic mass is 16.5. The van der Waals surface area contributed by atoms with Gasteiger partial charge in [-0.25, -0.2) is 4.79 Å². The van der Waals surface area contributed by atoms with Gasteiger partial charge in [0.05, 0.1) is 0 Å². The summed E-state index contributed by atoms with van der Waals surface area (Å²) in [5, 5.41) is 2.84. The van der Waals surface area contributed by atoms with Crippen LogP contribution in [0.4, 0.5) is 4.79 Å². The smallest absolute Gasteiger partial charge is 0.407 e. The molecule has 2 rings (SSSR count). The van der Waals surface area contributed by atoms with E-state index in [1.165, 1.54) is 24.7 Å². The van der Waals surface area contributed by atoms with Crippen molar-refractivity contribution in [2.75, 3.05) is 6.54 Å². The van der Waals surface area contributed by atoms with Gasteiger partial charge in [-0.2, -0.15) is 0 Å². The molecule has 1 atom stereocenters. The number of nitrogens with one attached hydrogen (secondary N) is 1. The summed E-state index contributed by atoms with van der Waals surface area (Å²) in [6.45, 7) is 5.51. The molecule has 1 amide bonds. The third-order valence-electron chi connectivity index (χ3n) is 4.57. The summed E-state index contributed by atoms with van der Waals surface area (Å²) in [6, 6.07) is 18.4. The lowest BCUT2D eigenvalue weighted by molar-refractivity contribution is 0.139. The second-order valence-electron chi connectivity index (χ2n) is 6.96. The second kappa shape index (κ2) is 11.4. The van der Waals surface area contributed by atoms with Crippen LogP contribution in [0.2, 0.25) is 13.1 Å². The molecule has 3 nitrogen and oxygen atoms in total. The summed E-state index contributed by atoms with van der Waals surface area (Å²) in [7, 11) is 1.23. The van der Waals surface area contributed by atoms with E-state index in [0.29, 0.717) is 19.1 Å². The predicted molar refractivity (Wildman–Crippen MR) is 110 cm³/mol. The SMILES string of the molecule is CBC[C@@H](C)Cc1ccccc1CCCNC(=O)OCc1ccccc1. The fraction of sp³-hybridized carbons (Fsp3) is 0.409. The molecule has 0 saturated carbocycles. The van der Waals surface area contributed by atoms with Crippen molar-refractivity contribution in [3.8, 4) is 0 Å². The van der Waals surface area contributed by atoms with Gasteiger partial charge in [-0.3, -0.25) is 0 Å². The molecule has 0 fully saturated rings. The molecule has 0 saturated heterocycles. The zero-order chi connectivity index (χ0) is 18.6. The molecular weight excluding hydrogens is 321 g/mol. The zero-order valence-electron chi connectivity index (χ0n) is 16.0. The van der Waals surface area contributed by atoms with Crippen LogP contribution in [0.5, 0.6) is 0 Å². The van der Waals surface area contributed by atoms with E-state index in [0.717, 1.165) is 24.8 Å². The van der Waals surface area contributed by atoms with Crippen LogP contribution in [0.3, 0.4) is 0 Å². The van der Waals surface area contributed by atoms with Crippen molar-refractivity contribution in [3.05, 3.63) is 71.3 Å². The fourth-order valence-corrected chi connectivity index (χ4v) is 3.21. The van der Waals surface area contributed by atoms with Crippen molar-refractivity contribution in [1.82, 2.24) is 5.32 Å². The molecule has 0 heterocycles. The van der Waals surface area contributed by atoms with Crippen molar-refractivity contribution in [2.45, 2.75) is 45.9 Å². The van der Waals surface area contributed by atoms with E-state index >= 15 is 0 Å². The number of benzene rings is 2. The summed E-state index contributed by atoms with van der Waals surface area (Å²) >= 11 is 0. The minimum atomic E-state index is -0.348. The Morgan fingerprint density at radius 1 is 1.08 bits per heavy atom. The van der Waals surface area contributed by atoms with E-state index in [9.17, 15) is 4.79 Å². The van der Waals surface area contributed by atoms with Gasteiger partial charge in [0, 0.05) is 6.54 Å². The van der Waals surface area contributed by atoms with Gasteiger partial charge in [-0.1, -0.05) is 74.7 Å². The molecule has 0 aliphatic rings. The molecule has 0 bridgehead atoms. The number of rotatable bonds is 10. The molecule has 0 aliphatic heterocycles. The quantitative estimate of drug-likeness (QED) is 0.501. The molecule has 26 heavy (non-hydrogen) atoms. The maximum Gasteiger partial charge on any atom is 0.407 e. The zero-order valence-corrected chi connectivity index (χ0v) is 16.0. The largest absolute Gasteiger partial charge is 0.445 e. The highest BCUT2D eigenvalue weighted by Gasteiger charge is 2.08. The standard InChI is InChI=1S/C22H30BNO2/c1-18(16-23-2)15-21-12-7-6-11-20(21)13-8-14-24-22(25)26-17-19-9-4-3-5-10-19/h3-7,9-12,18,23H,8,13-17H2,1-2H3,(H,24,25)/t18-/m0/s1. The van der Waals surface area contributed by atoms with E-state index in [4.69, 9.17) is 4.74 Å². The monoisotopic (exact) mass is 351 g/mol. The van der Waals surface area contributed by atoms with E-state index in [-0.39, 0.29) is 6.09 Å². The number of alkyl carbamates (subject to hydrolysis) is 1. The topological polar surface area (TPSA) is 38.3 Å². The van der Waals surface area contributed by atoms with E-state index in [1.807, 2.05) is 30.3 Å². The average molecular weight is 351 g/mol. The lowest BCUT2D eigenvalue weighted by Crippen LogP contribution is -2.25. The second-order valence-corrected chi connectivity index (χ2v) is 6.96. The van der Waals surface area contributed by atoms with E-state index < -0.39 is 0 Å². The van der Waals surface area contributed by atoms with Crippen LogP contribution < -0.4 is 5.32 Å². The van der Waals surface area contributed by atoms with Gasteiger partial charge in [0.2, 0.25) is 0 Å². The number of aryl methyl sites for hydroxylation is 1. The lowest BCUT2D eigenvalue weighted by Gasteiger charge is -2.14. The summed E-state index contributed by atoms with van der Waals surface area (Å²) in [5.41, 5.74) is 3.84. The van der Waals surface area contributed by atoms with Crippen LogP contribution >= 0.6 is 0 Å². The minimum Gasteiger partial charge on any atom is -0.445 e. The van der Waals surface area contributed by atoms with Crippen molar-refractivity contribution in [1.29, 1.82) is 0 Å². The van der Waals surface area contributed by atoms with Crippen molar-refractivity contribution >= 4 is 13.4 Å². The summed E-state index contributed by atoms with van der Waals surface area (Å²) in [6.07, 6.45) is 3.95. The Kier molecular flexibility index (Phi) is 8.81. The van der Waals surface area contributed by atoms with Gasteiger partial charge >= 0.3 is 6.09 Å². The van der Waals surface area contributed by atoms with Gasteiger partial charge < -0.3 is 10.1 Å². The third kappa shape index (κ3) is 7.34. The molecule has 2 aromatic rings. The van der Waals surface area contributed by atoms with E-state index in [2.05, 4.69) is 43.3 Å². The maximum absolute atomic E-state index is 11.8. The first-order chi connectivity index (χ1) is 12.7. The molecule has 0 spiro atoms. The molecule has 2 aromatic carbocycles. The Morgan fingerprint density at radius 2 is 1.77 bits per heavy atom. The minimum absolute atomic E-state index is 0.310. The highest BCUT2D eigenvalue weighted by Crippen LogP contribution is 2.17. The summed E-state index contributed by atoms with van der Waals surface area (Å²) in [5.74, 6) is 0.715. The summed E-state index contributed by atoms with van der Waals surface area (Å²) < 4.78 is 5.23. The average Bonchev–Trinajstić information content (AvgIpc) is 2.66. The predicted octanol–water partition coefficient (Wildman–Crippen LogP) is 4.63. The van der Waals surface area contributed by atoms with Crippen LogP contribution in [0.1, 0.15) is 30.0 Å². The Hall–Kier alpha value is -2.23. The van der Waals surface area contributed by atoms with Crippen molar-refractivity contribution in [2.24, 2.45) is 5.92 Å². The maximum atomic E-state index is 11.8. The number of hydrogen-bond donors (Lipinski definition) is 1. The van der Waals surface area contributed by atoms with Gasteiger partial charge in [0.15, 0.2) is 0 Å². The number of hydrogen-bond acceptors (Lipinski definition) is 2. The van der Waals surface area contributed by atoms with Gasteiger partial charge in [-0.15, -0.1) is 0 Å². The van der Waals surface area contributed by atoms with Crippen LogP contribution in [0.15, 0.2) is 54.6 Å². The van der Waals surface area contributed by atoms with Crippen molar-refractivity contribution < 1.29 is 9.53 Å². The Labute approximate surface area is 158 Å². The van der Waals surface area contributed by atoms with Crippen LogP contribution in [-0.2, 0) is 24.2 Å². The summed E-state index contributed by atoms with van der Waals surface area (Å²) in [4.78, 5) is 11.8. The first-order valence-corrected chi connectivity index (χ1v) is 9.70. The highest BCUT2D eigenvalue weighted by molar-refractivity contribution is 6.33. The van der Waals surface area contributed by atoms with Crippen LogP contribution in [0.25, 0.3) is 0 Å². The van der Waals surface area contributed by atoms with Gasteiger partial charge in [0.1, 0.15) is 13.9 Å². The lowest BCUT2D eigenvalue weighted by atomic mass is 9.71. The van der Waals surface area contributed by atoms with Crippen LogP contribution in [-0.4, -0.2) is 19.9 Å². The fourth-order valence-electron chi connectivity index (χ4n) is 3.21. The number of carbonyl (C=O) groups excluding carboxylic acids is 1. The normalized spacial score (nSPS) is 11.6. The molecule has 1 N–H and O–H groups in total.